The molecule has 0 aromatic heterocycles. The molecule has 0 spiro atoms. The molecule has 0 saturated heterocycles. The molecule has 6 aromatic carbocycles. The standard InChI is InChI=1S/C55H46Cl2N2O11.2K.2H/c56-39-23-19-37(20-24-39)35-15-9-33(10-16-35)13-27-47(45(53(64)65)29-31-58-49(60)41-5-1-2-6-42(41)50(58)61)69-55(68)70-48(28-14-34-11-17-36(18-12-34)38-21-25-40(57)26-22-38)46(54(66)67)30-32-59-51(62)43-7-3-4-8-44(43)52(59)63;;;;/h1-12,15-26,45-48H,13-14,27-32H2,(H,64,65)(H,66,67);;;;/q;2*+1;2*-1/t45-,46-,47-,48-;;;;/m1..../s1. The van der Waals surface area contributed by atoms with Crippen LogP contribution in [0.4, 0.5) is 4.79 Å². The first-order valence-corrected chi connectivity index (χ1v) is 23.4. The molecule has 360 valence electrons. The monoisotopic (exact) mass is 1060 g/mol. The van der Waals surface area contributed by atoms with E-state index in [0.717, 1.165) is 43.2 Å². The van der Waals surface area contributed by atoms with E-state index in [1.807, 2.05) is 72.8 Å². The Balaban J connectivity index is 0.00000296. The van der Waals surface area contributed by atoms with Gasteiger partial charge >= 0.3 is 121 Å². The van der Waals surface area contributed by atoms with Crippen molar-refractivity contribution in [2.24, 2.45) is 11.8 Å². The number of rotatable bonds is 20. The number of carboxylic acids is 2. The van der Waals surface area contributed by atoms with Crippen LogP contribution in [0.2, 0.25) is 10.0 Å². The van der Waals surface area contributed by atoms with Crippen molar-refractivity contribution < 1.29 is 159 Å². The second kappa shape index (κ2) is 26.2. The van der Waals surface area contributed by atoms with E-state index in [0.29, 0.717) is 10.0 Å². The summed E-state index contributed by atoms with van der Waals surface area (Å²) in [5.41, 5.74) is 5.98. The summed E-state index contributed by atoms with van der Waals surface area (Å²) in [5.74, 6) is -7.95. The average Bonchev–Trinajstić information content (AvgIpc) is 3.75. The maximum absolute atomic E-state index is 14.1. The average molecular weight is 1060 g/mol. The van der Waals surface area contributed by atoms with Gasteiger partial charge in [-0.25, -0.2) is 4.79 Å². The van der Waals surface area contributed by atoms with Crippen LogP contribution in [-0.4, -0.2) is 87.0 Å². The Hall–Kier alpha value is -4.34. The molecule has 2 heterocycles. The molecule has 6 aromatic rings. The fourth-order valence-electron chi connectivity index (χ4n) is 8.95. The fraction of sp³-hybridized carbons (Fsp3) is 0.218. The summed E-state index contributed by atoms with van der Waals surface area (Å²) in [7, 11) is 0. The molecule has 0 unspecified atom stereocenters. The van der Waals surface area contributed by atoms with Crippen molar-refractivity contribution in [2.75, 3.05) is 13.1 Å². The predicted octanol–water partition coefficient (Wildman–Crippen LogP) is 4.79. The smallest absolute Gasteiger partial charge is 1.00 e. The summed E-state index contributed by atoms with van der Waals surface area (Å²) >= 11 is 12.2. The van der Waals surface area contributed by atoms with E-state index in [2.05, 4.69) is 0 Å². The third kappa shape index (κ3) is 13.7. The normalized spacial score (nSPS) is 14.3. The van der Waals surface area contributed by atoms with Gasteiger partial charge in [-0.15, -0.1) is 0 Å². The first kappa shape index (κ1) is 56.9. The van der Waals surface area contributed by atoms with Gasteiger partial charge < -0.3 is 22.5 Å². The number of aliphatic carboxylic acids is 2. The van der Waals surface area contributed by atoms with Gasteiger partial charge in [0.15, 0.2) is 0 Å². The van der Waals surface area contributed by atoms with E-state index in [9.17, 15) is 43.8 Å². The van der Waals surface area contributed by atoms with Crippen LogP contribution in [0, 0.1) is 11.8 Å². The van der Waals surface area contributed by atoms with Gasteiger partial charge in [-0.05, 0) is 120 Å². The number of halogens is 2. The van der Waals surface area contributed by atoms with Crippen molar-refractivity contribution >= 4 is 64.9 Å². The zero-order valence-electron chi connectivity index (χ0n) is 41.5. The van der Waals surface area contributed by atoms with Crippen LogP contribution >= 0.6 is 23.2 Å². The molecule has 0 fully saturated rings. The van der Waals surface area contributed by atoms with Crippen LogP contribution in [-0.2, 0) is 31.9 Å². The van der Waals surface area contributed by atoms with Crippen molar-refractivity contribution in [3.05, 3.63) is 189 Å². The Labute approximate surface area is 514 Å². The van der Waals surface area contributed by atoms with Crippen molar-refractivity contribution in [2.45, 2.75) is 50.7 Å². The third-order valence-electron chi connectivity index (χ3n) is 12.8. The molecule has 0 radical (unpaired) electrons. The molecule has 13 nitrogen and oxygen atoms in total. The van der Waals surface area contributed by atoms with Gasteiger partial charge in [0.05, 0.1) is 34.1 Å². The number of hydrogen-bond acceptors (Lipinski definition) is 9. The number of benzene rings is 6. The SMILES string of the molecule is O=C(O[C@H](CCc1ccc(-c2ccc(Cl)cc2)cc1)[C@@H](CCN1C(=O)c2ccccc2C1=O)C(=O)O)O[C@H](CCc1ccc(-c2ccc(Cl)cc2)cc1)[C@@H](CCN1C(=O)c2ccccc2C1=O)C(=O)O.[H-].[H-].[K+].[K+]. The first-order valence-electron chi connectivity index (χ1n) is 22.7. The molecule has 4 amide bonds. The second-order valence-corrected chi connectivity index (χ2v) is 18.0. The van der Waals surface area contributed by atoms with E-state index in [1.165, 1.54) is 24.3 Å². The topological polar surface area (TPSA) is 185 Å². The molecule has 8 rings (SSSR count). The zero-order chi connectivity index (χ0) is 49.5. The minimum Gasteiger partial charge on any atom is -1.00 e. The third-order valence-corrected chi connectivity index (χ3v) is 13.3. The Bertz CT molecular complexity index is 2700. The summed E-state index contributed by atoms with van der Waals surface area (Å²) in [4.78, 5) is 95.4. The number of carboxylic acid groups (broad SMARTS) is 2. The Morgan fingerprint density at radius 2 is 0.722 bits per heavy atom. The number of amides is 4. The summed E-state index contributed by atoms with van der Waals surface area (Å²) < 4.78 is 11.8. The van der Waals surface area contributed by atoms with Gasteiger partial charge in [-0.3, -0.25) is 38.6 Å². The Morgan fingerprint density at radius 3 is 1.00 bits per heavy atom. The fourth-order valence-corrected chi connectivity index (χ4v) is 9.20. The molecule has 2 aliphatic heterocycles. The van der Waals surface area contributed by atoms with Gasteiger partial charge in [0.25, 0.3) is 23.6 Å². The van der Waals surface area contributed by atoms with Crippen LogP contribution in [0.5, 0.6) is 0 Å². The van der Waals surface area contributed by atoms with E-state index in [-0.39, 0.29) is 179 Å². The Kier molecular flexibility index (Phi) is 20.8. The summed E-state index contributed by atoms with van der Waals surface area (Å²) in [6.45, 7) is -0.599. The van der Waals surface area contributed by atoms with Gasteiger partial charge in [-0.1, -0.05) is 120 Å². The number of ether oxygens (including phenoxy) is 2. The van der Waals surface area contributed by atoms with E-state index >= 15 is 0 Å². The molecule has 2 aliphatic rings. The van der Waals surface area contributed by atoms with Crippen LogP contribution in [0.1, 0.15) is 81.1 Å². The second-order valence-electron chi connectivity index (χ2n) is 17.1. The maximum Gasteiger partial charge on any atom is 1.00 e. The van der Waals surface area contributed by atoms with Gasteiger partial charge in [0, 0.05) is 23.1 Å². The first-order chi connectivity index (χ1) is 33.7. The van der Waals surface area contributed by atoms with Crippen molar-refractivity contribution in [3.8, 4) is 22.3 Å². The van der Waals surface area contributed by atoms with Gasteiger partial charge in [0.2, 0.25) is 0 Å². The van der Waals surface area contributed by atoms with Crippen LogP contribution in [0.25, 0.3) is 22.3 Å². The van der Waals surface area contributed by atoms with E-state index < -0.39 is 65.8 Å². The summed E-state index contributed by atoms with van der Waals surface area (Å²) in [6.07, 6.45) is -4.33. The molecule has 2 N–H and O–H groups in total. The molecule has 0 bridgehead atoms. The largest absolute Gasteiger partial charge is 1.00 e. The molecule has 4 atom stereocenters. The van der Waals surface area contributed by atoms with Crippen LogP contribution < -0.4 is 103 Å². The molecule has 0 saturated carbocycles. The minimum absolute atomic E-state index is 0. The van der Waals surface area contributed by atoms with Gasteiger partial charge in [0.1, 0.15) is 12.2 Å². The summed E-state index contributed by atoms with van der Waals surface area (Å²) in [6, 6.07) is 42.2. The van der Waals surface area contributed by atoms with Crippen molar-refractivity contribution in [1.82, 2.24) is 9.80 Å². The molecule has 72 heavy (non-hydrogen) atoms. The van der Waals surface area contributed by atoms with Gasteiger partial charge in [-0.2, -0.15) is 0 Å². The van der Waals surface area contributed by atoms with Crippen LogP contribution in [0.3, 0.4) is 0 Å². The number of hydrogen-bond donors (Lipinski definition) is 2. The Morgan fingerprint density at radius 1 is 0.444 bits per heavy atom. The number of imide groups is 2. The number of aryl methyl sites for hydroxylation is 2. The quantitative estimate of drug-likeness (QED) is 0.0609. The number of carbonyl (C=O) groups excluding carboxylic acids is 5. The zero-order valence-corrected chi connectivity index (χ0v) is 47.3. The number of carbonyl (C=O) groups is 7. The molecular weight excluding hydrogens is 1010 g/mol. The number of fused-ring (bicyclic) bond motifs is 2. The van der Waals surface area contributed by atoms with E-state index in [4.69, 9.17) is 32.7 Å². The number of nitrogens with zero attached hydrogens (tertiary/aromatic N) is 2. The molecule has 17 heteroatoms. The predicted molar refractivity (Wildman–Crippen MR) is 263 cm³/mol. The van der Waals surface area contributed by atoms with E-state index in [1.54, 1.807) is 48.5 Å². The molecule has 0 aliphatic carbocycles. The maximum atomic E-state index is 14.1. The van der Waals surface area contributed by atoms with Crippen molar-refractivity contribution in [1.29, 1.82) is 0 Å². The minimum atomic E-state index is -1.45. The summed E-state index contributed by atoms with van der Waals surface area (Å²) in [5, 5.41) is 22.5. The van der Waals surface area contributed by atoms with Crippen LogP contribution in [0.15, 0.2) is 146 Å². The van der Waals surface area contributed by atoms with Crippen molar-refractivity contribution in [3.63, 3.8) is 0 Å². The molecular formula is C55H48Cl2K2N2O11.